The van der Waals surface area contributed by atoms with Crippen LogP contribution in [-0.2, 0) is 12.8 Å². The van der Waals surface area contributed by atoms with E-state index in [9.17, 15) is 0 Å². The van der Waals surface area contributed by atoms with E-state index < -0.39 is 0 Å². The van der Waals surface area contributed by atoms with Crippen LogP contribution in [0.5, 0.6) is 0 Å². The average molecular weight is 441 g/mol. The van der Waals surface area contributed by atoms with Gasteiger partial charge in [0.25, 0.3) is 0 Å². The average Bonchev–Trinajstić information content (AvgIpc) is 3.50. The zero-order valence-electron chi connectivity index (χ0n) is 20.8. The Bertz CT molecular complexity index is 1340. The van der Waals surface area contributed by atoms with Crippen LogP contribution in [-0.4, -0.2) is 0 Å². The summed E-state index contributed by atoms with van der Waals surface area (Å²) in [7, 11) is 0. The van der Waals surface area contributed by atoms with Crippen molar-refractivity contribution < 1.29 is 0 Å². The maximum Gasteiger partial charge on any atom is -0.0149 e. The molecule has 168 valence electrons. The molecule has 34 heavy (non-hydrogen) atoms. The second kappa shape index (κ2) is 8.13. The molecule has 0 N–H and O–H groups in total. The van der Waals surface area contributed by atoms with Gasteiger partial charge in [-0.2, -0.15) is 0 Å². The summed E-state index contributed by atoms with van der Waals surface area (Å²) in [6.07, 6.45) is 4.67. The van der Waals surface area contributed by atoms with Gasteiger partial charge in [0.15, 0.2) is 0 Å². The summed E-state index contributed by atoms with van der Waals surface area (Å²) in [5, 5.41) is 0. The Morgan fingerprint density at radius 3 is 1.24 bits per heavy atom. The van der Waals surface area contributed by atoms with E-state index in [1.165, 1.54) is 57.3 Å². The maximum absolute atomic E-state index is 2.43. The smallest absolute Gasteiger partial charge is 0.0149 e. The Morgan fingerprint density at radius 2 is 0.853 bits per heavy atom. The molecule has 2 aliphatic rings. The minimum absolute atomic E-state index is 1.16. The summed E-state index contributed by atoms with van der Waals surface area (Å²) < 4.78 is 0. The van der Waals surface area contributed by atoms with Crippen LogP contribution in [0.15, 0.2) is 72.8 Å². The molecule has 0 amide bonds. The first kappa shape index (κ1) is 21.2. The normalized spacial score (nSPS) is 16.6. The Hall–Kier alpha value is -3.38. The molecule has 6 rings (SSSR count). The van der Waals surface area contributed by atoms with E-state index in [-0.39, 0.29) is 0 Å². The van der Waals surface area contributed by atoms with Crippen LogP contribution in [0.2, 0.25) is 0 Å². The van der Waals surface area contributed by atoms with E-state index in [0.29, 0.717) is 0 Å². The third-order valence-electron chi connectivity index (χ3n) is 8.21. The van der Waals surface area contributed by atoms with Crippen LogP contribution in [0.3, 0.4) is 0 Å². The molecule has 0 atom stereocenters. The molecule has 2 aliphatic carbocycles. The van der Waals surface area contributed by atoms with Crippen LogP contribution in [0.4, 0.5) is 0 Å². The van der Waals surface area contributed by atoms with Gasteiger partial charge in [-0.05, 0) is 131 Å². The fourth-order valence-corrected chi connectivity index (χ4v) is 6.62. The lowest BCUT2D eigenvalue weighted by atomic mass is 9.86. The van der Waals surface area contributed by atoms with Gasteiger partial charge in [-0.25, -0.2) is 0 Å². The van der Waals surface area contributed by atoms with Crippen LogP contribution in [0.1, 0.15) is 57.3 Å². The molecule has 4 aromatic rings. The molecule has 0 heteroatoms. The van der Waals surface area contributed by atoms with Gasteiger partial charge in [-0.15, -0.1) is 0 Å². The largest absolute Gasteiger partial charge is 0.0622 e. The van der Waals surface area contributed by atoms with Crippen molar-refractivity contribution in [1.29, 1.82) is 0 Å². The fraction of sp³-hybridized carbons (Fsp3) is 0.235. The first-order chi connectivity index (χ1) is 16.5. The topological polar surface area (TPSA) is 0 Å². The van der Waals surface area contributed by atoms with E-state index >= 15 is 0 Å². The lowest BCUT2D eigenvalue weighted by Gasteiger charge is -2.18. The van der Waals surface area contributed by atoms with Gasteiger partial charge in [0.05, 0.1) is 0 Å². The van der Waals surface area contributed by atoms with Crippen LogP contribution in [0.25, 0.3) is 33.4 Å². The van der Waals surface area contributed by atoms with Gasteiger partial charge in [0, 0.05) is 0 Å². The first-order valence-electron chi connectivity index (χ1n) is 12.6. The molecular formula is C34H32. The number of rotatable bonds is 2. The van der Waals surface area contributed by atoms with Crippen molar-refractivity contribution in [2.24, 2.45) is 0 Å². The van der Waals surface area contributed by atoms with Gasteiger partial charge < -0.3 is 0 Å². The second-order valence-electron chi connectivity index (χ2n) is 10.1. The number of hydrogen-bond acceptors (Lipinski definition) is 0. The maximum atomic E-state index is 2.43. The number of hydrogen-bond donors (Lipinski definition) is 0. The van der Waals surface area contributed by atoms with E-state index in [1.54, 1.807) is 33.4 Å². The Morgan fingerprint density at radius 1 is 0.471 bits per heavy atom. The molecule has 0 heterocycles. The summed E-state index contributed by atoms with van der Waals surface area (Å²) in [5.74, 6) is 0. The Balaban J connectivity index is 1.51. The van der Waals surface area contributed by atoms with Crippen LogP contribution < -0.4 is 0 Å². The number of benzene rings is 4. The lowest BCUT2D eigenvalue weighted by Crippen LogP contribution is -1.98. The molecule has 0 aromatic heterocycles. The number of allylic oxidation sites excluding steroid dienone is 2. The van der Waals surface area contributed by atoms with Crippen molar-refractivity contribution in [3.63, 3.8) is 0 Å². The third-order valence-corrected chi connectivity index (χ3v) is 8.21. The number of fused-ring (bicyclic) bond motifs is 2. The highest BCUT2D eigenvalue weighted by Crippen LogP contribution is 2.49. The molecule has 0 nitrogen and oxygen atoms in total. The quantitative estimate of drug-likeness (QED) is 0.292. The molecule has 4 aromatic carbocycles. The zero-order valence-corrected chi connectivity index (χ0v) is 20.8. The van der Waals surface area contributed by atoms with Gasteiger partial charge in [0.2, 0.25) is 0 Å². The fourth-order valence-electron chi connectivity index (χ4n) is 6.62. The van der Waals surface area contributed by atoms with Gasteiger partial charge in [-0.1, -0.05) is 72.8 Å². The molecule has 0 radical (unpaired) electrons. The predicted octanol–water partition coefficient (Wildman–Crippen LogP) is 9.06. The van der Waals surface area contributed by atoms with E-state index in [1.807, 2.05) is 0 Å². The van der Waals surface area contributed by atoms with E-state index in [4.69, 9.17) is 0 Å². The van der Waals surface area contributed by atoms with Crippen LogP contribution in [0, 0.1) is 27.7 Å². The molecule has 0 bridgehead atoms. The van der Waals surface area contributed by atoms with E-state index in [2.05, 4.69) is 100 Å². The summed E-state index contributed by atoms with van der Waals surface area (Å²) in [6, 6.07) is 26.6. The van der Waals surface area contributed by atoms with Gasteiger partial charge in [-0.3, -0.25) is 0 Å². The van der Waals surface area contributed by atoms with E-state index in [0.717, 1.165) is 12.8 Å². The highest BCUT2D eigenvalue weighted by Gasteiger charge is 2.30. The van der Waals surface area contributed by atoms with Crippen molar-refractivity contribution in [3.8, 4) is 22.3 Å². The highest BCUT2D eigenvalue weighted by molar-refractivity contribution is 5.99. The first-order valence-corrected chi connectivity index (χ1v) is 12.6. The van der Waals surface area contributed by atoms with Gasteiger partial charge in [0.1, 0.15) is 0 Å². The molecule has 0 spiro atoms. The van der Waals surface area contributed by atoms with Crippen molar-refractivity contribution in [3.05, 3.63) is 117 Å². The summed E-state index contributed by atoms with van der Waals surface area (Å²) >= 11 is 0. The monoisotopic (exact) mass is 440 g/mol. The molecular weight excluding hydrogens is 408 g/mol. The Labute approximate surface area is 204 Å². The minimum atomic E-state index is 1.16. The molecule has 0 unspecified atom stereocenters. The van der Waals surface area contributed by atoms with Crippen LogP contribution >= 0.6 is 0 Å². The second-order valence-corrected chi connectivity index (χ2v) is 10.1. The van der Waals surface area contributed by atoms with Crippen molar-refractivity contribution >= 4 is 11.1 Å². The molecule has 0 saturated heterocycles. The van der Waals surface area contributed by atoms with Gasteiger partial charge >= 0.3 is 0 Å². The third kappa shape index (κ3) is 3.20. The molecule has 0 fully saturated rings. The predicted molar refractivity (Wildman–Crippen MR) is 146 cm³/mol. The molecule has 0 aliphatic heterocycles. The number of aryl methyl sites for hydroxylation is 2. The summed E-state index contributed by atoms with van der Waals surface area (Å²) in [6.45, 7) is 9.31. The standard InChI is InChI=1S/C34H32/c1-21-19-31(25-11-7-5-8-12-25)23(3)27-15-17-29(33(21)27)30-18-16-28-24(4)32(20-22(2)34(28)30)26-13-9-6-10-14-26/h5-14,19-20H,15-18H2,1-4H3. The Kier molecular flexibility index (Phi) is 5.06. The lowest BCUT2D eigenvalue weighted by molar-refractivity contribution is 1.05. The van der Waals surface area contributed by atoms with Crippen molar-refractivity contribution in [1.82, 2.24) is 0 Å². The zero-order chi connectivity index (χ0) is 23.4. The SMILES string of the molecule is Cc1cc(-c2ccccc2)c(C)c2c1C(=C1CCc3c(C)c(-c4ccccc4)cc(C)c31)CC2. The molecule has 0 saturated carbocycles. The van der Waals surface area contributed by atoms with Crippen molar-refractivity contribution in [2.45, 2.75) is 53.4 Å². The van der Waals surface area contributed by atoms with Crippen molar-refractivity contribution in [2.75, 3.05) is 0 Å². The summed E-state index contributed by atoms with van der Waals surface area (Å²) in [4.78, 5) is 0. The highest BCUT2D eigenvalue weighted by atomic mass is 14.3. The minimum Gasteiger partial charge on any atom is -0.0622 e. The summed E-state index contributed by atoms with van der Waals surface area (Å²) in [5.41, 5.74) is 20.7.